The molecule has 0 bridgehead atoms. The number of hydrogen-bond donors (Lipinski definition) is 1. The van der Waals surface area contributed by atoms with Gasteiger partial charge in [-0.15, -0.1) is 0 Å². The van der Waals surface area contributed by atoms with E-state index in [0.717, 1.165) is 0 Å². The van der Waals surface area contributed by atoms with E-state index in [9.17, 15) is 9.59 Å². The molecule has 1 heterocycles. The standard InChI is InChI=1S/C14H18N2O4/c1-19-12-6-10(14(18)20-2)3-4-11(12)16-8-9(7-15)5-13(16)17/h3-4,6,9H,5,7-8,15H2,1-2H3. The smallest absolute Gasteiger partial charge is 0.337 e. The highest BCUT2D eigenvalue weighted by molar-refractivity contribution is 5.98. The largest absolute Gasteiger partial charge is 0.495 e. The van der Waals surface area contributed by atoms with Gasteiger partial charge in [-0.05, 0) is 30.7 Å². The minimum atomic E-state index is -0.442. The van der Waals surface area contributed by atoms with Crippen LogP contribution in [-0.2, 0) is 9.53 Å². The van der Waals surface area contributed by atoms with Crippen LogP contribution in [0.1, 0.15) is 16.8 Å². The van der Waals surface area contributed by atoms with Gasteiger partial charge in [-0.3, -0.25) is 4.79 Å². The number of benzene rings is 1. The molecule has 2 N–H and O–H groups in total. The van der Waals surface area contributed by atoms with Crippen molar-refractivity contribution < 1.29 is 19.1 Å². The van der Waals surface area contributed by atoms with Gasteiger partial charge in [0, 0.05) is 13.0 Å². The summed E-state index contributed by atoms with van der Waals surface area (Å²) in [6.45, 7) is 1.05. The summed E-state index contributed by atoms with van der Waals surface area (Å²) in [5.74, 6) is 0.207. The van der Waals surface area contributed by atoms with Crippen molar-refractivity contribution in [2.45, 2.75) is 6.42 Å². The van der Waals surface area contributed by atoms with Crippen LogP contribution in [0, 0.1) is 5.92 Å². The summed E-state index contributed by atoms with van der Waals surface area (Å²) in [5, 5.41) is 0. The van der Waals surface area contributed by atoms with Gasteiger partial charge in [-0.1, -0.05) is 0 Å². The minimum Gasteiger partial charge on any atom is -0.495 e. The average molecular weight is 278 g/mol. The fourth-order valence-corrected chi connectivity index (χ4v) is 2.32. The first kappa shape index (κ1) is 14.3. The molecule has 1 unspecified atom stereocenters. The van der Waals surface area contributed by atoms with Crippen LogP contribution >= 0.6 is 0 Å². The van der Waals surface area contributed by atoms with E-state index in [1.165, 1.54) is 14.2 Å². The lowest BCUT2D eigenvalue weighted by molar-refractivity contribution is -0.117. The molecule has 20 heavy (non-hydrogen) atoms. The van der Waals surface area contributed by atoms with Crippen LogP contribution in [0.3, 0.4) is 0 Å². The van der Waals surface area contributed by atoms with Crippen molar-refractivity contribution in [1.82, 2.24) is 0 Å². The molecule has 1 amide bonds. The van der Waals surface area contributed by atoms with E-state index in [2.05, 4.69) is 4.74 Å². The molecule has 1 aliphatic rings. The van der Waals surface area contributed by atoms with Gasteiger partial charge < -0.3 is 20.1 Å². The van der Waals surface area contributed by atoms with E-state index >= 15 is 0 Å². The second-order valence-corrected chi connectivity index (χ2v) is 4.69. The first-order valence-corrected chi connectivity index (χ1v) is 6.37. The Morgan fingerprint density at radius 2 is 2.20 bits per heavy atom. The number of nitrogens with zero attached hydrogens (tertiary/aromatic N) is 1. The lowest BCUT2D eigenvalue weighted by atomic mass is 10.1. The number of hydrogen-bond acceptors (Lipinski definition) is 5. The van der Waals surface area contributed by atoms with Crippen LogP contribution in [0.25, 0.3) is 0 Å². The maximum atomic E-state index is 12.0. The Kier molecular flexibility index (Phi) is 4.24. The van der Waals surface area contributed by atoms with Crippen molar-refractivity contribution in [3.63, 3.8) is 0 Å². The van der Waals surface area contributed by atoms with Gasteiger partial charge >= 0.3 is 5.97 Å². The molecule has 0 aromatic heterocycles. The normalized spacial score (nSPS) is 18.2. The first-order valence-electron chi connectivity index (χ1n) is 6.37. The van der Waals surface area contributed by atoms with E-state index in [1.54, 1.807) is 23.1 Å². The maximum Gasteiger partial charge on any atom is 0.337 e. The lowest BCUT2D eigenvalue weighted by Crippen LogP contribution is -2.26. The number of nitrogens with two attached hydrogens (primary N) is 1. The Morgan fingerprint density at radius 3 is 2.75 bits per heavy atom. The summed E-state index contributed by atoms with van der Waals surface area (Å²) in [7, 11) is 2.82. The number of carbonyl (C=O) groups excluding carboxylic acids is 2. The molecule has 0 saturated carbocycles. The molecule has 0 aliphatic carbocycles. The molecule has 1 fully saturated rings. The number of rotatable bonds is 4. The number of amides is 1. The predicted octanol–water partition coefficient (Wildman–Crippen LogP) is 0.793. The average Bonchev–Trinajstić information content (AvgIpc) is 2.86. The zero-order valence-electron chi connectivity index (χ0n) is 11.6. The van der Waals surface area contributed by atoms with Crippen molar-refractivity contribution in [3.8, 4) is 5.75 Å². The van der Waals surface area contributed by atoms with Crippen molar-refractivity contribution in [2.24, 2.45) is 11.7 Å². The molecule has 108 valence electrons. The second kappa shape index (κ2) is 5.92. The Labute approximate surface area is 117 Å². The van der Waals surface area contributed by atoms with Gasteiger partial charge in [-0.25, -0.2) is 4.79 Å². The van der Waals surface area contributed by atoms with Crippen molar-refractivity contribution in [2.75, 3.05) is 32.2 Å². The fraction of sp³-hybridized carbons (Fsp3) is 0.429. The van der Waals surface area contributed by atoms with Crippen LogP contribution in [-0.4, -0.2) is 39.2 Å². The number of esters is 1. The van der Waals surface area contributed by atoms with Crippen LogP contribution in [0.4, 0.5) is 5.69 Å². The molecule has 1 aliphatic heterocycles. The van der Waals surface area contributed by atoms with Gasteiger partial charge in [0.1, 0.15) is 5.75 Å². The van der Waals surface area contributed by atoms with Crippen LogP contribution in [0.15, 0.2) is 18.2 Å². The molecule has 0 spiro atoms. The van der Waals surface area contributed by atoms with E-state index in [0.29, 0.717) is 36.5 Å². The van der Waals surface area contributed by atoms with Gasteiger partial charge in [-0.2, -0.15) is 0 Å². The van der Waals surface area contributed by atoms with Crippen molar-refractivity contribution >= 4 is 17.6 Å². The topological polar surface area (TPSA) is 81.9 Å². The van der Waals surface area contributed by atoms with E-state index < -0.39 is 5.97 Å². The Balaban J connectivity index is 2.33. The van der Waals surface area contributed by atoms with Gasteiger partial charge in [0.25, 0.3) is 0 Å². The fourth-order valence-electron chi connectivity index (χ4n) is 2.32. The monoisotopic (exact) mass is 278 g/mol. The molecule has 1 aromatic rings. The van der Waals surface area contributed by atoms with Crippen molar-refractivity contribution in [3.05, 3.63) is 23.8 Å². The third kappa shape index (κ3) is 2.60. The highest BCUT2D eigenvalue weighted by Crippen LogP contribution is 2.33. The molecule has 1 saturated heterocycles. The van der Waals surface area contributed by atoms with E-state index in [-0.39, 0.29) is 11.8 Å². The first-order chi connectivity index (χ1) is 9.60. The summed E-state index contributed by atoms with van der Waals surface area (Å²) in [4.78, 5) is 25.2. The minimum absolute atomic E-state index is 0.0181. The molecule has 1 aromatic carbocycles. The molecule has 1 atom stereocenters. The third-order valence-corrected chi connectivity index (χ3v) is 3.43. The molecule has 6 heteroatoms. The van der Waals surface area contributed by atoms with Crippen molar-refractivity contribution in [1.29, 1.82) is 0 Å². The summed E-state index contributed by atoms with van der Waals surface area (Å²) in [6.07, 6.45) is 0.443. The zero-order valence-corrected chi connectivity index (χ0v) is 11.6. The Bertz CT molecular complexity index is 530. The second-order valence-electron chi connectivity index (χ2n) is 4.69. The third-order valence-electron chi connectivity index (χ3n) is 3.43. The molecule has 0 radical (unpaired) electrons. The molecular weight excluding hydrogens is 260 g/mol. The van der Waals surface area contributed by atoms with Crippen LogP contribution in [0.5, 0.6) is 5.75 Å². The number of methoxy groups -OCH3 is 2. The Morgan fingerprint density at radius 1 is 1.45 bits per heavy atom. The summed E-state index contributed by atoms with van der Waals surface area (Å²) >= 11 is 0. The van der Waals surface area contributed by atoms with Crippen LogP contribution in [0.2, 0.25) is 0 Å². The Hall–Kier alpha value is -2.08. The van der Waals surface area contributed by atoms with Gasteiger partial charge in [0.05, 0.1) is 25.5 Å². The molecule has 6 nitrogen and oxygen atoms in total. The van der Waals surface area contributed by atoms with E-state index in [1.807, 2.05) is 0 Å². The predicted molar refractivity (Wildman–Crippen MR) is 73.8 cm³/mol. The summed E-state index contributed by atoms with van der Waals surface area (Å²) in [6, 6.07) is 4.89. The number of carbonyl (C=O) groups is 2. The van der Waals surface area contributed by atoms with Gasteiger partial charge in [0.2, 0.25) is 5.91 Å². The van der Waals surface area contributed by atoms with E-state index in [4.69, 9.17) is 10.5 Å². The summed E-state index contributed by atoms with van der Waals surface area (Å²) < 4.78 is 9.94. The highest BCUT2D eigenvalue weighted by Gasteiger charge is 2.31. The summed E-state index contributed by atoms with van der Waals surface area (Å²) in [5.41, 5.74) is 6.66. The lowest BCUT2D eigenvalue weighted by Gasteiger charge is -2.20. The number of ether oxygens (including phenoxy) is 2. The quantitative estimate of drug-likeness (QED) is 0.824. The van der Waals surface area contributed by atoms with Crippen LogP contribution < -0.4 is 15.4 Å². The zero-order chi connectivity index (χ0) is 14.7. The highest BCUT2D eigenvalue weighted by atomic mass is 16.5. The molecule has 2 rings (SSSR count). The maximum absolute atomic E-state index is 12.0. The van der Waals surface area contributed by atoms with Gasteiger partial charge in [0.15, 0.2) is 0 Å². The molecular formula is C14H18N2O4. The number of anilines is 1. The SMILES string of the molecule is COC(=O)c1ccc(N2CC(CN)CC2=O)c(OC)c1.